The molecule has 0 aliphatic rings. The van der Waals surface area contributed by atoms with Gasteiger partial charge in [0.2, 0.25) is 5.82 Å². The zero-order chi connectivity index (χ0) is 14.3. The summed E-state index contributed by atoms with van der Waals surface area (Å²) in [6.45, 7) is 0. The van der Waals surface area contributed by atoms with E-state index in [9.17, 15) is 26.3 Å². The van der Waals surface area contributed by atoms with Crippen molar-refractivity contribution in [1.82, 2.24) is 4.98 Å². The lowest BCUT2D eigenvalue weighted by Gasteiger charge is -2.10. The van der Waals surface area contributed by atoms with Crippen LogP contribution in [0, 0.1) is 34.9 Å². The molecule has 0 saturated heterocycles. The first-order valence-electron chi connectivity index (χ1n) is 4.77. The topological polar surface area (TPSA) is 38.9 Å². The third kappa shape index (κ3) is 1.88. The van der Waals surface area contributed by atoms with E-state index in [0.717, 1.165) is 0 Å². The number of hydrogen-bond donors (Lipinski definition) is 1. The number of hydrogen-bond acceptors (Lipinski definition) is 2. The SMILES string of the molecule is Nc1c(F)cncc1-c1c(F)c(F)c(F)c(F)c1F. The number of anilines is 1. The molecule has 0 radical (unpaired) electrons. The van der Waals surface area contributed by atoms with Crippen LogP contribution < -0.4 is 5.73 Å². The van der Waals surface area contributed by atoms with Crippen molar-refractivity contribution < 1.29 is 26.3 Å². The average Bonchev–Trinajstić information content (AvgIpc) is 2.39. The summed E-state index contributed by atoms with van der Waals surface area (Å²) in [5, 5.41) is 0. The minimum absolute atomic E-state index is 0.644. The zero-order valence-corrected chi connectivity index (χ0v) is 8.95. The molecule has 0 amide bonds. The van der Waals surface area contributed by atoms with Crippen molar-refractivity contribution in [3.05, 3.63) is 47.3 Å². The lowest BCUT2D eigenvalue weighted by molar-refractivity contribution is 0.381. The van der Waals surface area contributed by atoms with Gasteiger partial charge >= 0.3 is 0 Å². The van der Waals surface area contributed by atoms with Gasteiger partial charge in [0, 0.05) is 11.8 Å². The number of nitrogen functional groups attached to an aromatic ring is 1. The summed E-state index contributed by atoms with van der Waals surface area (Å²) in [5.41, 5.74) is 2.40. The van der Waals surface area contributed by atoms with E-state index in [0.29, 0.717) is 12.4 Å². The maximum atomic E-state index is 13.5. The van der Waals surface area contributed by atoms with Gasteiger partial charge < -0.3 is 5.73 Å². The van der Waals surface area contributed by atoms with Gasteiger partial charge in [0.25, 0.3) is 0 Å². The fourth-order valence-corrected chi connectivity index (χ4v) is 1.49. The van der Waals surface area contributed by atoms with Gasteiger partial charge in [-0.25, -0.2) is 26.3 Å². The molecular formula is C11H4F6N2. The molecule has 1 aromatic heterocycles. The fraction of sp³-hybridized carbons (Fsp3) is 0. The molecule has 1 heterocycles. The molecule has 100 valence electrons. The lowest BCUT2D eigenvalue weighted by atomic mass is 10.0. The molecule has 2 aromatic rings. The lowest BCUT2D eigenvalue weighted by Crippen LogP contribution is -2.06. The monoisotopic (exact) mass is 278 g/mol. The van der Waals surface area contributed by atoms with Crippen LogP contribution in [-0.4, -0.2) is 4.98 Å². The Hall–Kier alpha value is -2.25. The molecule has 0 aliphatic heterocycles. The van der Waals surface area contributed by atoms with E-state index in [1.54, 1.807) is 0 Å². The van der Waals surface area contributed by atoms with Gasteiger partial charge in [0.1, 0.15) is 0 Å². The highest BCUT2D eigenvalue weighted by Crippen LogP contribution is 2.34. The molecule has 2 N–H and O–H groups in total. The second kappa shape index (κ2) is 4.45. The van der Waals surface area contributed by atoms with Gasteiger partial charge in [0.05, 0.1) is 17.4 Å². The molecular weight excluding hydrogens is 274 g/mol. The van der Waals surface area contributed by atoms with Crippen LogP contribution >= 0.6 is 0 Å². The van der Waals surface area contributed by atoms with E-state index in [1.165, 1.54) is 0 Å². The fourth-order valence-electron chi connectivity index (χ4n) is 1.49. The average molecular weight is 278 g/mol. The van der Waals surface area contributed by atoms with Gasteiger partial charge in [-0.05, 0) is 0 Å². The molecule has 0 unspecified atom stereocenters. The third-order valence-electron chi connectivity index (χ3n) is 2.42. The van der Waals surface area contributed by atoms with Crippen molar-refractivity contribution in [2.45, 2.75) is 0 Å². The largest absolute Gasteiger partial charge is 0.396 e. The van der Waals surface area contributed by atoms with Gasteiger partial charge in [-0.1, -0.05) is 0 Å². The second-order valence-corrected chi connectivity index (χ2v) is 3.53. The van der Waals surface area contributed by atoms with Crippen molar-refractivity contribution in [2.75, 3.05) is 5.73 Å². The van der Waals surface area contributed by atoms with Crippen LogP contribution in [0.3, 0.4) is 0 Å². The van der Waals surface area contributed by atoms with Crippen LogP contribution in [0.4, 0.5) is 32.0 Å². The molecule has 2 nitrogen and oxygen atoms in total. The quantitative estimate of drug-likeness (QED) is 0.494. The predicted molar refractivity (Wildman–Crippen MR) is 53.8 cm³/mol. The number of halogens is 6. The summed E-state index contributed by atoms with van der Waals surface area (Å²) in [6, 6.07) is 0. The number of nitrogens with zero attached hydrogens (tertiary/aromatic N) is 1. The third-order valence-corrected chi connectivity index (χ3v) is 2.42. The van der Waals surface area contributed by atoms with E-state index in [2.05, 4.69) is 4.98 Å². The normalized spacial score (nSPS) is 10.8. The van der Waals surface area contributed by atoms with Gasteiger partial charge in [0.15, 0.2) is 29.1 Å². The van der Waals surface area contributed by atoms with Gasteiger partial charge in [-0.3, -0.25) is 4.98 Å². The molecule has 2 rings (SSSR count). The van der Waals surface area contributed by atoms with Crippen LogP contribution in [0.1, 0.15) is 0 Å². The Morgan fingerprint density at radius 2 is 1.21 bits per heavy atom. The van der Waals surface area contributed by atoms with Crippen LogP contribution in [0.2, 0.25) is 0 Å². The Balaban J connectivity index is 2.87. The summed E-state index contributed by atoms with van der Waals surface area (Å²) in [7, 11) is 0. The van der Waals surface area contributed by atoms with Crippen LogP contribution in [-0.2, 0) is 0 Å². The first-order chi connectivity index (χ1) is 8.86. The highest BCUT2D eigenvalue weighted by atomic mass is 19.2. The minimum Gasteiger partial charge on any atom is -0.396 e. The molecule has 0 bridgehead atoms. The maximum absolute atomic E-state index is 13.5. The molecule has 0 spiro atoms. The summed E-state index contributed by atoms with van der Waals surface area (Å²) in [5.74, 6) is -11.9. The Morgan fingerprint density at radius 1 is 0.737 bits per heavy atom. The summed E-state index contributed by atoms with van der Waals surface area (Å²) in [6.07, 6.45) is 1.35. The molecule has 0 saturated carbocycles. The zero-order valence-electron chi connectivity index (χ0n) is 8.95. The van der Waals surface area contributed by atoms with Crippen LogP contribution in [0.15, 0.2) is 12.4 Å². The highest BCUT2D eigenvalue weighted by Gasteiger charge is 2.28. The van der Waals surface area contributed by atoms with Crippen molar-refractivity contribution in [1.29, 1.82) is 0 Å². The smallest absolute Gasteiger partial charge is 0.200 e. The van der Waals surface area contributed by atoms with Crippen molar-refractivity contribution in [3.8, 4) is 11.1 Å². The number of rotatable bonds is 1. The summed E-state index contributed by atoms with van der Waals surface area (Å²) < 4.78 is 78.9. The molecule has 1 aromatic carbocycles. The summed E-state index contributed by atoms with van der Waals surface area (Å²) >= 11 is 0. The van der Waals surface area contributed by atoms with Gasteiger partial charge in [-0.15, -0.1) is 0 Å². The number of aromatic nitrogens is 1. The van der Waals surface area contributed by atoms with E-state index >= 15 is 0 Å². The van der Waals surface area contributed by atoms with Gasteiger partial charge in [-0.2, -0.15) is 0 Å². The Morgan fingerprint density at radius 3 is 1.74 bits per heavy atom. The van der Waals surface area contributed by atoms with E-state index in [1.807, 2.05) is 0 Å². The van der Waals surface area contributed by atoms with Crippen molar-refractivity contribution in [2.24, 2.45) is 0 Å². The highest BCUT2D eigenvalue weighted by molar-refractivity contribution is 5.76. The number of benzene rings is 1. The van der Waals surface area contributed by atoms with Crippen LogP contribution in [0.5, 0.6) is 0 Å². The molecule has 19 heavy (non-hydrogen) atoms. The Kier molecular flexibility index (Phi) is 3.09. The van der Waals surface area contributed by atoms with Crippen LogP contribution in [0.25, 0.3) is 11.1 Å². The standard InChI is InChI=1S/C11H4F6N2/c12-4-2-19-1-3(11(4)18)5-6(13)8(15)10(17)9(16)7(5)14/h1-2H,(H2,18,19). The first kappa shape index (κ1) is 13.2. The maximum Gasteiger partial charge on any atom is 0.200 e. The molecule has 0 aliphatic carbocycles. The van der Waals surface area contributed by atoms with E-state index in [-0.39, 0.29) is 0 Å². The second-order valence-electron chi connectivity index (χ2n) is 3.53. The first-order valence-corrected chi connectivity index (χ1v) is 4.77. The Bertz CT molecular complexity index is 642. The summed E-state index contributed by atoms with van der Waals surface area (Å²) in [4.78, 5) is 3.26. The Labute approximate surface area is 102 Å². The van der Waals surface area contributed by atoms with E-state index in [4.69, 9.17) is 5.73 Å². The molecule has 0 atom stereocenters. The minimum atomic E-state index is -2.30. The van der Waals surface area contributed by atoms with Crippen molar-refractivity contribution >= 4 is 5.69 Å². The van der Waals surface area contributed by atoms with E-state index < -0.39 is 51.7 Å². The number of nitrogens with two attached hydrogens (primary N) is 1. The molecule has 8 heteroatoms. The van der Waals surface area contributed by atoms with Crippen molar-refractivity contribution in [3.63, 3.8) is 0 Å². The molecule has 0 fully saturated rings. The number of pyridine rings is 1. The predicted octanol–water partition coefficient (Wildman–Crippen LogP) is 3.17.